The Hall–Kier alpha value is -1.36. The average molecular weight is 387 g/mol. The highest BCUT2D eigenvalue weighted by Gasteiger charge is 2.47. The van der Waals surface area contributed by atoms with Crippen molar-refractivity contribution in [3.05, 3.63) is 34.4 Å². The van der Waals surface area contributed by atoms with Crippen LogP contribution in [0.5, 0.6) is 5.75 Å². The van der Waals surface area contributed by atoms with Gasteiger partial charge in [-0.15, -0.1) is 0 Å². The van der Waals surface area contributed by atoms with E-state index in [1.54, 1.807) is 18.2 Å². The molecule has 4 saturated carbocycles. The summed E-state index contributed by atoms with van der Waals surface area (Å²) < 4.78 is 49.3. The zero-order valence-electron chi connectivity index (χ0n) is 14.6. The Kier molecular flexibility index (Phi) is 4.62. The van der Waals surface area contributed by atoms with Crippen molar-refractivity contribution in [2.45, 2.75) is 38.3 Å². The van der Waals surface area contributed by atoms with Crippen molar-refractivity contribution in [1.29, 1.82) is 0 Å². The van der Waals surface area contributed by atoms with Crippen LogP contribution in [0.3, 0.4) is 0 Å². The van der Waals surface area contributed by atoms with Crippen LogP contribution in [0, 0.1) is 23.7 Å². The summed E-state index contributed by atoms with van der Waals surface area (Å²) >= 11 is 6.10. The Labute approximate surface area is 156 Å². The van der Waals surface area contributed by atoms with Crippen LogP contribution < -0.4 is 4.74 Å². The molecule has 0 N–H and O–H groups in total. The number of alkyl halides is 3. The zero-order chi connectivity index (χ0) is 18.5. The Morgan fingerprint density at radius 2 is 1.69 bits per heavy atom. The van der Waals surface area contributed by atoms with E-state index in [0.29, 0.717) is 33.9 Å². The summed E-state index contributed by atoms with van der Waals surface area (Å²) in [5.41, 5.74) is 1.71. The Bertz CT molecular complexity index is 696. The maximum Gasteiger partial charge on any atom is 0.422 e. The van der Waals surface area contributed by atoms with Crippen molar-refractivity contribution in [1.82, 2.24) is 0 Å². The van der Waals surface area contributed by atoms with E-state index >= 15 is 0 Å². The number of methoxy groups -OCH3 is 1. The standard InChI is InChI=1S/C20H22ClF3O2/c1-25-17-9-13(2-3-16(17)21)19(26-10-20(22,23)24)18-14-5-11-4-12(7-14)8-15(18)6-11/h2-3,9,11-12,14-15H,4-8,10H2,1H3. The highest BCUT2D eigenvalue weighted by Crippen LogP contribution is 2.58. The monoisotopic (exact) mass is 386 g/mol. The molecular formula is C20H22ClF3O2. The van der Waals surface area contributed by atoms with Gasteiger partial charge < -0.3 is 9.47 Å². The van der Waals surface area contributed by atoms with Crippen LogP contribution in [-0.2, 0) is 4.74 Å². The van der Waals surface area contributed by atoms with E-state index in [1.807, 2.05) is 0 Å². The van der Waals surface area contributed by atoms with E-state index in [1.165, 1.54) is 13.5 Å². The molecule has 2 nitrogen and oxygen atoms in total. The number of hydrogen-bond donors (Lipinski definition) is 0. The summed E-state index contributed by atoms with van der Waals surface area (Å²) in [5.74, 6) is 2.98. The van der Waals surface area contributed by atoms with Crippen molar-refractivity contribution < 1.29 is 22.6 Å². The molecule has 0 aromatic heterocycles. The maximum atomic E-state index is 12.9. The van der Waals surface area contributed by atoms with Crippen LogP contribution in [0.1, 0.15) is 37.7 Å². The van der Waals surface area contributed by atoms with Crippen LogP contribution in [-0.4, -0.2) is 19.9 Å². The molecule has 142 valence electrons. The lowest BCUT2D eigenvalue weighted by Crippen LogP contribution is -2.41. The third kappa shape index (κ3) is 3.42. The molecular weight excluding hydrogens is 365 g/mol. The molecule has 0 saturated heterocycles. The van der Waals surface area contributed by atoms with Gasteiger partial charge in [-0.1, -0.05) is 11.6 Å². The summed E-state index contributed by atoms with van der Waals surface area (Å²) in [6.07, 6.45) is 1.22. The maximum absolute atomic E-state index is 12.9. The quantitative estimate of drug-likeness (QED) is 0.582. The molecule has 0 radical (unpaired) electrons. The van der Waals surface area contributed by atoms with Crippen LogP contribution in [0.4, 0.5) is 13.2 Å². The Balaban J connectivity index is 1.76. The number of halogens is 4. The SMILES string of the molecule is COc1cc(C(OCC(F)(F)F)=C2C3CC4CC(C3)CC2C4)ccc1Cl. The van der Waals surface area contributed by atoms with Crippen LogP contribution in [0.15, 0.2) is 23.8 Å². The van der Waals surface area contributed by atoms with E-state index in [-0.39, 0.29) is 0 Å². The normalized spacial score (nSPS) is 29.8. The smallest absolute Gasteiger partial charge is 0.422 e. The summed E-state index contributed by atoms with van der Waals surface area (Å²) in [4.78, 5) is 0. The van der Waals surface area contributed by atoms with Gasteiger partial charge in [-0.3, -0.25) is 0 Å². The second kappa shape index (κ2) is 6.66. The average Bonchev–Trinajstić information content (AvgIpc) is 2.56. The first kappa shape index (κ1) is 18.0. The molecule has 4 fully saturated rings. The highest BCUT2D eigenvalue weighted by molar-refractivity contribution is 6.32. The van der Waals surface area contributed by atoms with Crippen molar-refractivity contribution in [2.24, 2.45) is 23.7 Å². The summed E-state index contributed by atoms with van der Waals surface area (Å²) in [5, 5.41) is 0.432. The first-order valence-corrected chi connectivity index (χ1v) is 9.49. The Morgan fingerprint density at radius 3 is 2.23 bits per heavy atom. The number of allylic oxidation sites excluding steroid dienone is 1. The molecule has 0 unspecified atom stereocenters. The molecule has 0 heterocycles. The first-order chi connectivity index (χ1) is 12.3. The number of benzene rings is 1. The van der Waals surface area contributed by atoms with Gasteiger partial charge >= 0.3 is 6.18 Å². The van der Waals surface area contributed by atoms with E-state index < -0.39 is 12.8 Å². The molecule has 4 bridgehead atoms. The third-order valence-electron chi connectivity index (χ3n) is 6.07. The molecule has 0 amide bonds. The minimum Gasteiger partial charge on any atom is -0.495 e. The molecule has 0 aliphatic heterocycles. The van der Waals surface area contributed by atoms with Gasteiger partial charge in [0.05, 0.1) is 12.1 Å². The molecule has 26 heavy (non-hydrogen) atoms. The van der Waals surface area contributed by atoms with E-state index in [2.05, 4.69) is 0 Å². The first-order valence-electron chi connectivity index (χ1n) is 9.11. The van der Waals surface area contributed by atoms with E-state index in [4.69, 9.17) is 21.1 Å². The lowest BCUT2D eigenvalue weighted by molar-refractivity contribution is -0.159. The van der Waals surface area contributed by atoms with Crippen LogP contribution in [0.2, 0.25) is 5.02 Å². The molecule has 4 aliphatic carbocycles. The molecule has 5 rings (SSSR count). The molecule has 0 atom stereocenters. The van der Waals surface area contributed by atoms with E-state index in [9.17, 15) is 13.2 Å². The molecule has 6 heteroatoms. The van der Waals surface area contributed by atoms with Gasteiger partial charge in [0.2, 0.25) is 0 Å². The largest absolute Gasteiger partial charge is 0.495 e. The lowest BCUT2D eigenvalue weighted by Gasteiger charge is -2.51. The van der Waals surface area contributed by atoms with Crippen molar-refractivity contribution in [3.63, 3.8) is 0 Å². The van der Waals surface area contributed by atoms with Crippen LogP contribution in [0.25, 0.3) is 5.76 Å². The molecule has 4 aliphatic rings. The van der Waals surface area contributed by atoms with Gasteiger partial charge in [-0.05, 0) is 79.5 Å². The van der Waals surface area contributed by atoms with Gasteiger partial charge in [0.1, 0.15) is 11.5 Å². The Morgan fingerprint density at radius 1 is 1.08 bits per heavy atom. The number of ether oxygens (including phenoxy) is 2. The van der Waals surface area contributed by atoms with E-state index in [0.717, 1.165) is 43.1 Å². The predicted molar refractivity (Wildman–Crippen MR) is 94.0 cm³/mol. The topological polar surface area (TPSA) is 18.5 Å². The van der Waals surface area contributed by atoms with Gasteiger partial charge in [0.15, 0.2) is 6.61 Å². The predicted octanol–water partition coefficient (Wildman–Crippen LogP) is 6.09. The van der Waals surface area contributed by atoms with Gasteiger partial charge in [-0.2, -0.15) is 13.2 Å². The van der Waals surface area contributed by atoms with Gasteiger partial charge in [0, 0.05) is 5.56 Å². The minimum absolute atomic E-state index is 0.344. The van der Waals surface area contributed by atoms with Crippen molar-refractivity contribution >= 4 is 17.4 Å². The molecule has 0 spiro atoms. The minimum atomic E-state index is -4.37. The van der Waals surface area contributed by atoms with Gasteiger partial charge in [0.25, 0.3) is 0 Å². The lowest BCUT2D eigenvalue weighted by atomic mass is 9.54. The van der Waals surface area contributed by atoms with Gasteiger partial charge in [-0.25, -0.2) is 0 Å². The fourth-order valence-electron chi connectivity index (χ4n) is 5.35. The highest BCUT2D eigenvalue weighted by atomic mass is 35.5. The van der Waals surface area contributed by atoms with Crippen molar-refractivity contribution in [2.75, 3.05) is 13.7 Å². The number of rotatable bonds is 4. The second-order valence-corrected chi connectivity index (χ2v) is 8.25. The second-order valence-electron chi connectivity index (χ2n) is 7.84. The fraction of sp³-hybridized carbons (Fsp3) is 0.600. The fourth-order valence-corrected chi connectivity index (χ4v) is 5.55. The van der Waals surface area contributed by atoms with Crippen molar-refractivity contribution in [3.8, 4) is 5.75 Å². The summed E-state index contributed by atoms with van der Waals surface area (Å²) in [6, 6.07) is 5.07. The molecule has 1 aromatic rings. The summed E-state index contributed by atoms with van der Waals surface area (Å²) in [6.45, 7) is -1.27. The number of hydrogen-bond acceptors (Lipinski definition) is 2. The third-order valence-corrected chi connectivity index (χ3v) is 6.39. The zero-order valence-corrected chi connectivity index (χ0v) is 15.4. The van der Waals surface area contributed by atoms with Crippen LogP contribution >= 0.6 is 11.6 Å². The summed E-state index contributed by atoms with van der Waals surface area (Å²) in [7, 11) is 1.50. The molecule has 1 aromatic carbocycles.